The summed E-state index contributed by atoms with van der Waals surface area (Å²) in [6.45, 7) is 2.80. The monoisotopic (exact) mass is 518 g/mol. The minimum atomic E-state index is -0.740. The molecule has 0 saturated carbocycles. The van der Waals surface area contributed by atoms with Crippen LogP contribution in [-0.2, 0) is 23.8 Å². The zero-order valence-electron chi connectivity index (χ0n) is 18.5. The molecule has 1 rings (SSSR count). The fourth-order valence-corrected chi connectivity index (χ4v) is 2.57. The number of nitrogens with zero attached hydrogens (tertiary/aromatic N) is 3. The number of hydrogen-bond donors (Lipinski definition) is 3. The molecule has 0 bridgehead atoms. The molecule has 0 aromatic heterocycles. The molecule has 0 aliphatic carbocycles. The van der Waals surface area contributed by atoms with Gasteiger partial charge >= 0.3 is 0 Å². The van der Waals surface area contributed by atoms with E-state index in [0.29, 0.717) is 50.7 Å². The molecular formula is C20H28Cl2N6O6. The molecule has 2 amide bonds. The number of rotatable bonds is 19. The van der Waals surface area contributed by atoms with Gasteiger partial charge in [0.15, 0.2) is 0 Å². The van der Waals surface area contributed by atoms with E-state index in [4.69, 9.17) is 42.9 Å². The predicted molar refractivity (Wildman–Crippen MR) is 129 cm³/mol. The first-order valence-corrected chi connectivity index (χ1v) is 11.3. The molecule has 1 unspecified atom stereocenters. The van der Waals surface area contributed by atoms with E-state index in [9.17, 15) is 14.4 Å². The van der Waals surface area contributed by atoms with Crippen LogP contribution in [0, 0.1) is 0 Å². The Bertz CT molecular complexity index is 825. The van der Waals surface area contributed by atoms with E-state index in [2.05, 4.69) is 26.0 Å². The molecule has 3 N–H and O–H groups in total. The third-order valence-corrected chi connectivity index (χ3v) is 4.42. The van der Waals surface area contributed by atoms with Gasteiger partial charge in [-0.25, -0.2) is 0 Å². The minimum absolute atomic E-state index is 0.150. The molecular weight excluding hydrogens is 491 g/mol. The van der Waals surface area contributed by atoms with Crippen molar-refractivity contribution < 1.29 is 28.6 Å². The third-order valence-electron chi connectivity index (χ3n) is 3.92. The Labute approximate surface area is 207 Å². The van der Waals surface area contributed by atoms with Crippen molar-refractivity contribution in [1.29, 1.82) is 0 Å². The van der Waals surface area contributed by atoms with Crippen molar-refractivity contribution in [3.63, 3.8) is 0 Å². The van der Waals surface area contributed by atoms with Gasteiger partial charge in [-0.2, -0.15) is 0 Å². The lowest BCUT2D eigenvalue weighted by atomic mass is 10.1. The second-order valence-corrected chi connectivity index (χ2v) is 7.39. The highest BCUT2D eigenvalue weighted by molar-refractivity contribution is 6.29. The molecule has 0 saturated heterocycles. The number of ether oxygens (including phenoxy) is 3. The van der Waals surface area contributed by atoms with Crippen molar-refractivity contribution in [3.8, 4) is 0 Å². The van der Waals surface area contributed by atoms with E-state index < -0.39 is 11.3 Å². The average Bonchev–Trinajstić information content (AvgIpc) is 2.84. The number of anilines is 2. The Morgan fingerprint density at radius 3 is 2.35 bits per heavy atom. The SMILES string of the molecule is [N-]=[N+]=NCCOCCOCCOCCNC(=O)c1cc(NCC(Cl)C=O)cc(NC(=O)CCl)c1. The maximum absolute atomic E-state index is 12.5. The Kier molecular flexibility index (Phi) is 16.3. The van der Waals surface area contributed by atoms with Gasteiger partial charge in [0.2, 0.25) is 5.91 Å². The molecule has 0 aliphatic rings. The lowest BCUT2D eigenvalue weighted by molar-refractivity contribution is -0.114. The van der Waals surface area contributed by atoms with Crippen molar-refractivity contribution in [2.75, 3.05) is 75.8 Å². The lowest BCUT2D eigenvalue weighted by Gasteiger charge is -2.13. The first-order valence-electron chi connectivity index (χ1n) is 10.4. The van der Waals surface area contributed by atoms with Crippen molar-refractivity contribution in [3.05, 3.63) is 34.2 Å². The van der Waals surface area contributed by atoms with E-state index in [1.165, 1.54) is 6.07 Å². The predicted octanol–water partition coefficient (Wildman–Crippen LogP) is 2.17. The molecule has 1 aromatic carbocycles. The van der Waals surface area contributed by atoms with Crippen LogP contribution < -0.4 is 16.0 Å². The summed E-state index contributed by atoms with van der Waals surface area (Å²) < 4.78 is 15.9. The molecule has 0 aliphatic heterocycles. The number of alkyl halides is 2. The maximum atomic E-state index is 12.5. The molecule has 1 atom stereocenters. The van der Waals surface area contributed by atoms with E-state index >= 15 is 0 Å². The van der Waals surface area contributed by atoms with Gasteiger partial charge in [-0.15, -0.1) is 23.2 Å². The summed E-state index contributed by atoms with van der Waals surface area (Å²) in [5.41, 5.74) is 9.28. The largest absolute Gasteiger partial charge is 0.383 e. The number of halogens is 2. The molecule has 188 valence electrons. The molecule has 12 nitrogen and oxygen atoms in total. The van der Waals surface area contributed by atoms with Gasteiger partial charge < -0.3 is 35.0 Å². The van der Waals surface area contributed by atoms with E-state index in [1.807, 2.05) is 0 Å². The summed E-state index contributed by atoms with van der Waals surface area (Å²) in [6.07, 6.45) is 0.592. The summed E-state index contributed by atoms with van der Waals surface area (Å²) in [7, 11) is 0. The van der Waals surface area contributed by atoms with Crippen molar-refractivity contribution in [2.45, 2.75) is 5.38 Å². The number of amides is 2. The Morgan fingerprint density at radius 2 is 1.71 bits per heavy atom. The number of nitrogens with one attached hydrogen (secondary N) is 3. The fraction of sp³-hybridized carbons (Fsp3) is 0.550. The average molecular weight is 519 g/mol. The molecule has 0 radical (unpaired) electrons. The lowest BCUT2D eigenvalue weighted by Crippen LogP contribution is -2.28. The third kappa shape index (κ3) is 13.8. The Morgan fingerprint density at radius 1 is 1.06 bits per heavy atom. The van der Waals surface area contributed by atoms with Crippen LogP contribution in [0.25, 0.3) is 10.4 Å². The topological polar surface area (TPSA) is 164 Å². The van der Waals surface area contributed by atoms with E-state index in [0.717, 1.165) is 0 Å². The smallest absolute Gasteiger partial charge is 0.251 e. The normalized spacial score (nSPS) is 11.2. The van der Waals surface area contributed by atoms with Gasteiger partial charge in [0.05, 0.1) is 39.6 Å². The fourth-order valence-electron chi connectivity index (χ4n) is 2.42. The second kappa shape index (κ2) is 18.8. The molecule has 1 aromatic rings. The van der Waals surface area contributed by atoms with Gasteiger partial charge in [-0.3, -0.25) is 9.59 Å². The Hall–Kier alpha value is -2.60. The quantitative estimate of drug-likeness (QED) is 0.0630. The van der Waals surface area contributed by atoms with Crippen LogP contribution in [0.3, 0.4) is 0 Å². The molecule has 0 heterocycles. The summed E-state index contributed by atoms with van der Waals surface area (Å²) >= 11 is 11.3. The minimum Gasteiger partial charge on any atom is -0.383 e. The van der Waals surface area contributed by atoms with Crippen LogP contribution in [0.4, 0.5) is 11.4 Å². The van der Waals surface area contributed by atoms with Crippen LogP contribution in [0.5, 0.6) is 0 Å². The zero-order valence-corrected chi connectivity index (χ0v) is 20.0. The number of aldehydes is 1. The van der Waals surface area contributed by atoms with Crippen molar-refractivity contribution >= 4 is 52.7 Å². The van der Waals surface area contributed by atoms with E-state index in [1.54, 1.807) is 12.1 Å². The number of carbonyl (C=O) groups is 3. The molecule has 14 heteroatoms. The van der Waals surface area contributed by atoms with Crippen molar-refractivity contribution in [1.82, 2.24) is 5.32 Å². The zero-order chi connectivity index (χ0) is 25.0. The van der Waals surface area contributed by atoms with Gasteiger partial charge in [0.1, 0.15) is 17.5 Å². The van der Waals surface area contributed by atoms with E-state index in [-0.39, 0.29) is 43.6 Å². The number of hydrogen-bond acceptors (Lipinski definition) is 8. The molecule has 0 spiro atoms. The first-order chi connectivity index (χ1) is 16.5. The van der Waals surface area contributed by atoms with Crippen LogP contribution in [0.1, 0.15) is 10.4 Å². The van der Waals surface area contributed by atoms with Gasteiger partial charge in [-0.1, -0.05) is 5.11 Å². The summed E-state index contributed by atoms with van der Waals surface area (Å²) in [6, 6.07) is 4.68. The van der Waals surface area contributed by atoms with Gasteiger partial charge in [-0.05, 0) is 23.7 Å². The van der Waals surface area contributed by atoms with Crippen LogP contribution >= 0.6 is 23.2 Å². The van der Waals surface area contributed by atoms with Crippen LogP contribution in [-0.4, -0.2) is 88.6 Å². The highest BCUT2D eigenvalue weighted by Gasteiger charge is 2.11. The number of azide groups is 1. The molecule has 0 fully saturated rings. The van der Waals surface area contributed by atoms with Gasteiger partial charge in [0.25, 0.3) is 5.91 Å². The number of benzene rings is 1. The summed E-state index contributed by atoms with van der Waals surface area (Å²) in [4.78, 5) is 37.5. The highest BCUT2D eigenvalue weighted by atomic mass is 35.5. The highest BCUT2D eigenvalue weighted by Crippen LogP contribution is 2.20. The van der Waals surface area contributed by atoms with Gasteiger partial charge in [0, 0.05) is 41.5 Å². The van der Waals surface area contributed by atoms with Crippen molar-refractivity contribution in [2.24, 2.45) is 5.11 Å². The number of carbonyl (C=O) groups excluding carboxylic acids is 3. The first kappa shape index (κ1) is 29.4. The second-order valence-electron chi connectivity index (χ2n) is 6.56. The maximum Gasteiger partial charge on any atom is 0.251 e. The van der Waals surface area contributed by atoms with Crippen LogP contribution in [0.15, 0.2) is 23.3 Å². The summed E-state index contributed by atoms with van der Waals surface area (Å²) in [5, 5.41) is 10.9. The molecule has 34 heavy (non-hydrogen) atoms. The van der Waals surface area contributed by atoms with Crippen LogP contribution in [0.2, 0.25) is 0 Å². The standard InChI is InChI=1S/C20H28Cl2N6O6/c21-12-19(30)27-18-10-15(9-17(11-18)25-13-16(22)14-29)20(31)24-1-3-32-5-7-34-8-6-33-4-2-26-28-23/h9-11,14,16,25H,1-8,12-13H2,(H,24,31)(H,27,30). The summed E-state index contributed by atoms with van der Waals surface area (Å²) in [5.74, 6) is -1.04. The Balaban J connectivity index is 2.37.